The average Bonchev–Trinajstić information content (AvgIpc) is 3.50. The third kappa shape index (κ3) is 3.89. The van der Waals surface area contributed by atoms with Gasteiger partial charge < -0.3 is 0 Å². The summed E-state index contributed by atoms with van der Waals surface area (Å²) in [6.45, 7) is 4.10. The number of sulfonamides is 1. The van der Waals surface area contributed by atoms with Gasteiger partial charge in [0.1, 0.15) is 0 Å². The Morgan fingerprint density at radius 3 is 2.83 bits per heavy atom. The molecule has 0 radical (unpaired) electrons. The molecule has 6 nitrogen and oxygen atoms in total. The van der Waals surface area contributed by atoms with Crippen LogP contribution < -0.4 is 4.72 Å². The number of benzene rings is 1. The lowest BCUT2D eigenvalue weighted by molar-refractivity contribution is 0.221. The van der Waals surface area contributed by atoms with Gasteiger partial charge in [-0.2, -0.15) is 0 Å². The van der Waals surface area contributed by atoms with E-state index in [1.54, 1.807) is 17.5 Å². The van der Waals surface area contributed by atoms with E-state index in [9.17, 15) is 8.42 Å². The van der Waals surface area contributed by atoms with Gasteiger partial charge in [0, 0.05) is 31.2 Å². The number of hydrogen-bond acceptors (Lipinski definition) is 6. The fraction of sp³-hybridized carbons (Fsp3) is 0.429. The number of thiazole rings is 1. The SMILES string of the molecule is C[C@@H](c1ccc2scnc2c1)N1CCc2cc(NS(=O)(=O)C3CC3)cnc2CC1. The van der Waals surface area contributed by atoms with Gasteiger partial charge in [0.05, 0.1) is 32.9 Å². The van der Waals surface area contributed by atoms with Crippen LogP contribution in [0.5, 0.6) is 0 Å². The van der Waals surface area contributed by atoms with Crippen molar-refractivity contribution >= 4 is 37.3 Å². The van der Waals surface area contributed by atoms with Crippen molar-refractivity contribution in [2.45, 2.75) is 43.9 Å². The van der Waals surface area contributed by atoms with Crippen molar-refractivity contribution in [1.29, 1.82) is 0 Å². The predicted octanol–water partition coefficient (Wildman–Crippen LogP) is 3.76. The molecule has 5 rings (SSSR count). The summed E-state index contributed by atoms with van der Waals surface area (Å²) in [6.07, 6.45) is 4.91. The molecule has 0 spiro atoms. The molecular weight excluding hydrogens is 404 g/mol. The molecule has 1 atom stereocenters. The van der Waals surface area contributed by atoms with E-state index < -0.39 is 10.0 Å². The highest BCUT2D eigenvalue weighted by atomic mass is 32.2. The van der Waals surface area contributed by atoms with Crippen molar-refractivity contribution in [1.82, 2.24) is 14.9 Å². The summed E-state index contributed by atoms with van der Waals surface area (Å²) in [7, 11) is -3.25. The van der Waals surface area contributed by atoms with Gasteiger partial charge in [0.2, 0.25) is 10.0 Å². The molecule has 1 N–H and O–H groups in total. The Balaban J connectivity index is 1.31. The second-order valence-electron chi connectivity index (χ2n) is 7.97. The van der Waals surface area contributed by atoms with Crippen LogP contribution >= 0.6 is 11.3 Å². The van der Waals surface area contributed by atoms with Gasteiger partial charge in [0.25, 0.3) is 0 Å². The third-order valence-electron chi connectivity index (χ3n) is 5.97. The van der Waals surface area contributed by atoms with Crippen LogP contribution in [-0.2, 0) is 22.9 Å². The van der Waals surface area contributed by atoms with Gasteiger partial charge >= 0.3 is 0 Å². The summed E-state index contributed by atoms with van der Waals surface area (Å²) in [4.78, 5) is 11.5. The normalized spacial score (nSPS) is 18.9. The standard InChI is InChI=1S/C21H24N4O2S2/c1-14(15-2-5-21-20(11-15)23-13-28-21)25-8-6-16-10-17(12-22-19(16)7-9-25)24-29(26,27)18-3-4-18/h2,5,10-14,18,24H,3-4,6-9H2,1H3/t14-/m0/s1. The van der Waals surface area contributed by atoms with Gasteiger partial charge in [0.15, 0.2) is 0 Å². The number of nitrogens with zero attached hydrogens (tertiary/aromatic N) is 3. The molecule has 2 aromatic heterocycles. The van der Waals surface area contributed by atoms with Crippen molar-refractivity contribution in [2.24, 2.45) is 0 Å². The lowest BCUT2D eigenvalue weighted by Crippen LogP contribution is -2.29. The summed E-state index contributed by atoms with van der Waals surface area (Å²) in [5.74, 6) is 0. The first-order valence-corrected chi connectivity index (χ1v) is 12.5. The van der Waals surface area contributed by atoms with E-state index in [2.05, 4.69) is 44.7 Å². The first kappa shape index (κ1) is 19.0. The van der Waals surface area contributed by atoms with Crippen molar-refractivity contribution < 1.29 is 8.42 Å². The quantitative estimate of drug-likeness (QED) is 0.670. The summed E-state index contributed by atoms with van der Waals surface area (Å²) < 4.78 is 28.4. The second kappa shape index (κ2) is 7.34. The molecule has 1 fully saturated rings. The van der Waals surface area contributed by atoms with Gasteiger partial charge in [-0.1, -0.05) is 6.07 Å². The van der Waals surface area contributed by atoms with E-state index in [0.29, 0.717) is 11.7 Å². The number of aromatic nitrogens is 2. The lowest BCUT2D eigenvalue weighted by Gasteiger charge is -2.27. The van der Waals surface area contributed by atoms with Crippen LogP contribution in [0.25, 0.3) is 10.2 Å². The van der Waals surface area contributed by atoms with Crippen LogP contribution in [0.3, 0.4) is 0 Å². The molecule has 29 heavy (non-hydrogen) atoms. The van der Waals surface area contributed by atoms with Crippen LogP contribution in [0.4, 0.5) is 5.69 Å². The molecule has 0 amide bonds. The molecule has 0 bridgehead atoms. The Labute approximate surface area is 175 Å². The maximum absolute atomic E-state index is 12.2. The van der Waals surface area contributed by atoms with E-state index in [1.165, 1.54) is 10.3 Å². The molecule has 1 aromatic carbocycles. The van der Waals surface area contributed by atoms with E-state index in [4.69, 9.17) is 0 Å². The highest BCUT2D eigenvalue weighted by Gasteiger charge is 2.35. The molecular formula is C21H24N4O2S2. The monoisotopic (exact) mass is 428 g/mol. The minimum atomic E-state index is -3.25. The molecule has 1 aliphatic carbocycles. The molecule has 152 valence electrons. The zero-order chi connectivity index (χ0) is 20.0. The molecule has 8 heteroatoms. The summed E-state index contributed by atoms with van der Waals surface area (Å²) in [5.41, 5.74) is 7.04. The van der Waals surface area contributed by atoms with Crippen molar-refractivity contribution in [2.75, 3.05) is 17.8 Å². The highest BCUT2D eigenvalue weighted by Crippen LogP contribution is 2.31. The fourth-order valence-corrected chi connectivity index (χ4v) is 6.04. The van der Waals surface area contributed by atoms with Crippen molar-refractivity contribution in [3.05, 3.63) is 52.8 Å². The highest BCUT2D eigenvalue weighted by molar-refractivity contribution is 7.93. The van der Waals surface area contributed by atoms with Gasteiger partial charge in [-0.05, 0) is 55.5 Å². The average molecular weight is 429 g/mol. The second-order valence-corrected chi connectivity index (χ2v) is 10.8. The maximum Gasteiger partial charge on any atom is 0.235 e. The Hall–Kier alpha value is -2.03. The van der Waals surface area contributed by atoms with Crippen LogP contribution in [0.1, 0.15) is 42.6 Å². The summed E-state index contributed by atoms with van der Waals surface area (Å²) in [5, 5.41) is -0.229. The number of fused-ring (bicyclic) bond motifs is 2. The first-order valence-electron chi connectivity index (χ1n) is 10.1. The fourth-order valence-electron chi connectivity index (χ4n) is 4.02. The Bertz CT molecular complexity index is 1150. The van der Waals surface area contributed by atoms with Crippen LogP contribution in [0.2, 0.25) is 0 Å². The molecule has 1 saturated carbocycles. The van der Waals surface area contributed by atoms with E-state index in [0.717, 1.165) is 55.5 Å². The molecule has 0 saturated heterocycles. The molecule has 0 unspecified atom stereocenters. The Morgan fingerprint density at radius 1 is 1.17 bits per heavy atom. The van der Waals surface area contributed by atoms with E-state index in [1.807, 2.05) is 11.6 Å². The zero-order valence-electron chi connectivity index (χ0n) is 16.3. The van der Waals surface area contributed by atoms with Gasteiger partial charge in [-0.15, -0.1) is 11.3 Å². The maximum atomic E-state index is 12.2. The molecule has 1 aliphatic heterocycles. The number of nitrogens with one attached hydrogen (secondary N) is 1. The molecule has 2 aliphatic rings. The van der Waals surface area contributed by atoms with Crippen molar-refractivity contribution in [3.8, 4) is 0 Å². The van der Waals surface area contributed by atoms with E-state index in [-0.39, 0.29) is 5.25 Å². The summed E-state index contributed by atoms with van der Waals surface area (Å²) in [6, 6.07) is 8.82. The molecule has 3 aromatic rings. The van der Waals surface area contributed by atoms with Crippen LogP contribution in [0.15, 0.2) is 36.0 Å². The van der Waals surface area contributed by atoms with E-state index >= 15 is 0 Å². The number of pyridine rings is 1. The van der Waals surface area contributed by atoms with Crippen molar-refractivity contribution in [3.63, 3.8) is 0 Å². The van der Waals surface area contributed by atoms with Crippen LogP contribution in [-0.4, -0.2) is 41.6 Å². The first-order chi connectivity index (χ1) is 14.0. The lowest BCUT2D eigenvalue weighted by atomic mass is 10.1. The van der Waals surface area contributed by atoms with Gasteiger partial charge in [-0.3, -0.25) is 14.6 Å². The Kier molecular flexibility index (Phi) is 4.80. The largest absolute Gasteiger partial charge is 0.296 e. The number of hydrogen-bond donors (Lipinski definition) is 1. The Morgan fingerprint density at radius 2 is 2.00 bits per heavy atom. The number of rotatable bonds is 5. The minimum Gasteiger partial charge on any atom is -0.296 e. The predicted molar refractivity (Wildman–Crippen MR) is 117 cm³/mol. The molecule has 3 heterocycles. The summed E-state index contributed by atoms with van der Waals surface area (Å²) >= 11 is 1.67. The number of anilines is 1. The minimum absolute atomic E-state index is 0.229. The third-order valence-corrected chi connectivity index (χ3v) is 8.65. The topological polar surface area (TPSA) is 75.2 Å². The van der Waals surface area contributed by atoms with Gasteiger partial charge in [-0.25, -0.2) is 13.4 Å². The smallest absolute Gasteiger partial charge is 0.235 e. The zero-order valence-corrected chi connectivity index (χ0v) is 18.0. The van der Waals surface area contributed by atoms with Crippen LogP contribution in [0, 0.1) is 0 Å².